The average Bonchev–Trinajstić information content (AvgIpc) is 3.34. The van der Waals surface area contributed by atoms with Crippen LogP contribution in [0.15, 0.2) is 44.0 Å². The van der Waals surface area contributed by atoms with Crippen molar-refractivity contribution in [2.24, 2.45) is 7.05 Å². The number of anilines is 2. The lowest BCUT2D eigenvalue weighted by molar-refractivity contribution is -0.402. The molecule has 0 radical (unpaired) electrons. The zero-order chi connectivity index (χ0) is 21.3. The minimum Gasteiger partial charge on any atom is -0.404 e. The Bertz CT molecular complexity index is 1120. The number of hydrogen-bond donors (Lipinski definition) is 1. The zero-order valence-electron chi connectivity index (χ0n) is 16.6. The molecule has 166 valence electrons. The summed E-state index contributed by atoms with van der Waals surface area (Å²) in [4.78, 5) is 23.4. The Morgan fingerprint density at radius 3 is 2.58 bits per heavy atom. The first-order valence-electron chi connectivity index (χ1n) is 9.46. The summed E-state index contributed by atoms with van der Waals surface area (Å²) in [6, 6.07) is 7.61. The van der Waals surface area contributed by atoms with Crippen molar-refractivity contribution < 1.29 is 18.1 Å². The van der Waals surface area contributed by atoms with Crippen molar-refractivity contribution in [1.82, 2.24) is 9.78 Å². The molecule has 1 aliphatic heterocycles. The van der Waals surface area contributed by atoms with Crippen LogP contribution in [-0.2, 0) is 13.6 Å². The summed E-state index contributed by atoms with van der Waals surface area (Å²) >= 11 is 0. The predicted molar refractivity (Wildman–Crippen MR) is 112 cm³/mol. The van der Waals surface area contributed by atoms with Gasteiger partial charge in [-0.15, -0.1) is 17.5 Å². The van der Waals surface area contributed by atoms with Gasteiger partial charge in [-0.25, -0.2) is 9.18 Å². The molecule has 1 fully saturated rings. The molecule has 0 spiro atoms. The molecule has 0 saturated carbocycles. The van der Waals surface area contributed by atoms with E-state index in [4.69, 9.17) is 8.83 Å². The Morgan fingerprint density at radius 1 is 1.26 bits per heavy atom. The van der Waals surface area contributed by atoms with Gasteiger partial charge in [0.2, 0.25) is 5.89 Å². The second-order valence-corrected chi connectivity index (χ2v) is 7.11. The summed E-state index contributed by atoms with van der Waals surface area (Å²) in [5, 5.41) is 17.8. The van der Waals surface area contributed by atoms with Crippen molar-refractivity contribution >= 4 is 29.7 Å². The Kier molecular flexibility index (Phi) is 6.64. The molecule has 2 aromatic heterocycles. The van der Waals surface area contributed by atoms with Gasteiger partial charge in [0.15, 0.2) is 0 Å². The fourth-order valence-corrected chi connectivity index (χ4v) is 3.52. The maximum atomic E-state index is 14.7. The highest BCUT2D eigenvalue weighted by atomic mass is 35.5. The number of halogens is 2. The van der Waals surface area contributed by atoms with Gasteiger partial charge in [0, 0.05) is 31.7 Å². The standard InChI is InChI=1S/C19H20FN5O5.ClH/c1-23-19(26)30-18(22-23)12-6-8-24(9-7-12)16-4-2-13(10-15(16)20)21-11-14-3-5-17(29-14)25(27)28;/h2-5,10,12,21H,6-9,11H2,1H3;1H. The third kappa shape index (κ3) is 4.88. The van der Waals surface area contributed by atoms with E-state index in [1.165, 1.54) is 22.9 Å². The molecule has 0 atom stereocenters. The van der Waals surface area contributed by atoms with Crippen LogP contribution in [0.4, 0.5) is 21.6 Å². The summed E-state index contributed by atoms with van der Waals surface area (Å²) < 4.78 is 26.1. The number of nitro groups is 1. The number of nitrogens with one attached hydrogen (secondary N) is 1. The average molecular weight is 454 g/mol. The van der Waals surface area contributed by atoms with Crippen molar-refractivity contribution in [2.75, 3.05) is 23.3 Å². The van der Waals surface area contributed by atoms with E-state index in [0.717, 1.165) is 0 Å². The van der Waals surface area contributed by atoms with Crippen LogP contribution in [0, 0.1) is 15.9 Å². The molecule has 0 aliphatic carbocycles. The fraction of sp³-hybridized carbons (Fsp3) is 0.368. The van der Waals surface area contributed by atoms with Crippen molar-refractivity contribution in [3.63, 3.8) is 0 Å². The molecule has 31 heavy (non-hydrogen) atoms. The number of hydrogen-bond acceptors (Lipinski definition) is 8. The quantitative estimate of drug-likeness (QED) is 0.445. The van der Waals surface area contributed by atoms with Crippen molar-refractivity contribution in [3.8, 4) is 0 Å². The van der Waals surface area contributed by atoms with Gasteiger partial charge in [0.1, 0.15) is 16.5 Å². The first-order chi connectivity index (χ1) is 14.4. The van der Waals surface area contributed by atoms with E-state index in [1.54, 1.807) is 19.2 Å². The Morgan fingerprint density at radius 2 is 2.00 bits per heavy atom. The van der Waals surface area contributed by atoms with Gasteiger partial charge in [-0.1, -0.05) is 0 Å². The van der Waals surface area contributed by atoms with Crippen LogP contribution in [0.2, 0.25) is 0 Å². The van der Waals surface area contributed by atoms with E-state index in [1.807, 2.05) is 4.90 Å². The van der Waals surface area contributed by atoms with Crippen molar-refractivity contribution in [2.45, 2.75) is 25.3 Å². The van der Waals surface area contributed by atoms with E-state index in [-0.39, 0.29) is 36.6 Å². The normalized spacial score (nSPS) is 14.3. The number of furan rings is 1. The maximum Gasteiger partial charge on any atom is 0.436 e. The Labute approximate surface area is 182 Å². The molecular weight excluding hydrogens is 433 g/mol. The molecule has 1 aromatic carbocycles. The lowest BCUT2D eigenvalue weighted by atomic mass is 9.96. The summed E-state index contributed by atoms with van der Waals surface area (Å²) in [5.41, 5.74) is 1.04. The van der Waals surface area contributed by atoms with Gasteiger partial charge in [-0.2, -0.15) is 4.68 Å². The molecule has 12 heteroatoms. The lowest BCUT2D eigenvalue weighted by Crippen LogP contribution is -2.33. The smallest absolute Gasteiger partial charge is 0.404 e. The minimum absolute atomic E-state index is 0. The van der Waals surface area contributed by atoms with Gasteiger partial charge >= 0.3 is 11.6 Å². The molecule has 10 nitrogen and oxygen atoms in total. The topological polar surface area (TPSA) is 120 Å². The number of aryl methyl sites for hydroxylation is 1. The summed E-state index contributed by atoms with van der Waals surface area (Å²) in [6.45, 7) is 1.43. The molecule has 4 rings (SSSR count). The molecule has 1 aliphatic rings. The second kappa shape index (κ2) is 9.21. The molecule has 0 bridgehead atoms. The number of nitrogens with zero attached hydrogens (tertiary/aromatic N) is 4. The lowest BCUT2D eigenvalue weighted by Gasteiger charge is -2.32. The first-order valence-corrected chi connectivity index (χ1v) is 9.46. The van der Waals surface area contributed by atoms with Crippen molar-refractivity contribution in [1.29, 1.82) is 0 Å². The SMILES string of the molecule is Cl.Cn1nc(C2CCN(c3ccc(NCc4ccc([N+](=O)[O-])o4)cc3F)CC2)oc1=O. The Hall–Kier alpha value is -3.34. The van der Waals surface area contributed by atoms with E-state index < -0.39 is 10.7 Å². The molecule has 1 saturated heterocycles. The third-order valence-electron chi connectivity index (χ3n) is 5.13. The van der Waals surface area contributed by atoms with Crippen LogP contribution in [0.1, 0.15) is 30.4 Å². The monoisotopic (exact) mass is 453 g/mol. The minimum atomic E-state index is -0.608. The largest absolute Gasteiger partial charge is 0.436 e. The highest BCUT2D eigenvalue weighted by Crippen LogP contribution is 2.31. The van der Waals surface area contributed by atoms with E-state index >= 15 is 0 Å². The molecule has 3 heterocycles. The van der Waals surface area contributed by atoms with Gasteiger partial charge in [0.25, 0.3) is 0 Å². The summed E-state index contributed by atoms with van der Waals surface area (Å²) in [5.74, 6) is -0.327. The van der Waals surface area contributed by atoms with E-state index in [9.17, 15) is 19.3 Å². The summed E-state index contributed by atoms with van der Waals surface area (Å²) in [7, 11) is 1.54. The Balaban J connectivity index is 0.00000272. The van der Waals surface area contributed by atoms with Crippen LogP contribution < -0.4 is 16.0 Å². The van der Waals surface area contributed by atoms with Gasteiger partial charge in [-0.3, -0.25) is 10.1 Å². The zero-order valence-corrected chi connectivity index (χ0v) is 17.4. The molecule has 1 N–H and O–H groups in total. The number of aromatic nitrogens is 2. The van der Waals surface area contributed by atoms with E-state index in [0.29, 0.717) is 49.0 Å². The molecule has 0 unspecified atom stereocenters. The first kappa shape index (κ1) is 22.3. The van der Waals surface area contributed by atoms with Crippen molar-refractivity contribution in [3.05, 3.63) is 68.5 Å². The third-order valence-corrected chi connectivity index (χ3v) is 5.13. The highest BCUT2D eigenvalue weighted by Gasteiger charge is 2.26. The predicted octanol–water partition coefficient (Wildman–Crippen LogP) is 3.43. The molecular formula is C19H21ClFN5O5. The van der Waals surface area contributed by atoms with Crippen LogP contribution in [0.25, 0.3) is 0 Å². The second-order valence-electron chi connectivity index (χ2n) is 7.11. The number of rotatable bonds is 6. The number of piperidine rings is 1. The van der Waals surface area contributed by atoms with Crippen LogP contribution in [0.3, 0.4) is 0 Å². The fourth-order valence-electron chi connectivity index (χ4n) is 3.52. The molecule has 0 amide bonds. The van der Waals surface area contributed by atoms with Gasteiger partial charge in [-0.05, 0) is 37.1 Å². The van der Waals surface area contributed by atoms with Crippen LogP contribution >= 0.6 is 12.4 Å². The van der Waals surface area contributed by atoms with Gasteiger partial charge < -0.3 is 19.1 Å². The maximum absolute atomic E-state index is 14.7. The molecule has 3 aromatic rings. The number of benzene rings is 1. The highest BCUT2D eigenvalue weighted by molar-refractivity contribution is 5.85. The summed E-state index contributed by atoms with van der Waals surface area (Å²) in [6.07, 6.45) is 1.41. The van der Waals surface area contributed by atoms with E-state index in [2.05, 4.69) is 10.4 Å². The van der Waals surface area contributed by atoms with Gasteiger partial charge in [0.05, 0.1) is 18.3 Å². The van der Waals surface area contributed by atoms with Crippen LogP contribution in [-0.4, -0.2) is 27.8 Å². The van der Waals surface area contributed by atoms with Crippen LogP contribution in [0.5, 0.6) is 0 Å².